The van der Waals surface area contributed by atoms with E-state index in [-0.39, 0.29) is 5.91 Å². The molecule has 3 rings (SSSR count). The summed E-state index contributed by atoms with van der Waals surface area (Å²) < 4.78 is 1.82. The lowest BCUT2D eigenvalue weighted by Gasteiger charge is -2.10. The number of fused-ring (bicyclic) bond motifs is 1. The number of nitrogens with zero attached hydrogens (tertiary/aromatic N) is 5. The fourth-order valence-electron chi connectivity index (χ4n) is 2.41. The lowest BCUT2D eigenvalue weighted by Crippen LogP contribution is -2.27. The van der Waals surface area contributed by atoms with Crippen molar-refractivity contribution < 1.29 is 4.79 Å². The Morgan fingerprint density at radius 1 is 1.21 bits per heavy atom. The minimum atomic E-state index is -0.0620. The second-order valence-corrected chi connectivity index (χ2v) is 5.80. The van der Waals surface area contributed by atoms with Crippen LogP contribution in [-0.4, -0.2) is 57.6 Å². The van der Waals surface area contributed by atoms with Crippen LogP contribution in [0, 0.1) is 0 Å². The smallest absolute Gasteiger partial charge is 0.255 e. The van der Waals surface area contributed by atoms with Crippen molar-refractivity contribution in [1.29, 1.82) is 0 Å². The summed E-state index contributed by atoms with van der Waals surface area (Å²) in [5.74, 6) is 1.19. The third kappa shape index (κ3) is 3.57. The Bertz CT molecular complexity index is 824. The van der Waals surface area contributed by atoms with E-state index in [4.69, 9.17) is 0 Å². The van der Waals surface area contributed by atoms with Gasteiger partial charge in [-0.25, -0.2) is 4.98 Å². The number of benzene rings is 1. The van der Waals surface area contributed by atoms with Crippen molar-refractivity contribution in [3.8, 4) is 11.4 Å². The summed E-state index contributed by atoms with van der Waals surface area (Å²) in [7, 11) is 4.04. The molecule has 0 aliphatic heterocycles. The number of carbonyl (C=O) groups is 1. The van der Waals surface area contributed by atoms with E-state index in [1.807, 2.05) is 42.9 Å². The highest BCUT2D eigenvalue weighted by Gasteiger charge is 2.10. The molecule has 7 heteroatoms. The van der Waals surface area contributed by atoms with Crippen LogP contribution in [0.15, 0.2) is 42.7 Å². The predicted octanol–water partition coefficient (Wildman–Crippen LogP) is 1.47. The third-order valence-electron chi connectivity index (χ3n) is 3.66. The van der Waals surface area contributed by atoms with Crippen molar-refractivity contribution in [3.05, 3.63) is 48.3 Å². The average molecular weight is 324 g/mol. The van der Waals surface area contributed by atoms with Gasteiger partial charge in [0.05, 0.1) is 0 Å². The van der Waals surface area contributed by atoms with Crippen LogP contribution in [0.4, 0.5) is 0 Å². The van der Waals surface area contributed by atoms with Crippen molar-refractivity contribution in [2.75, 3.05) is 27.2 Å². The maximum Gasteiger partial charge on any atom is 0.255 e. The summed E-state index contributed by atoms with van der Waals surface area (Å²) in [6.07, 6.45) is 4.47. The van der Waals surface area contributed by atoms with Gasteiger partial charge in [-0.2, -0.15) is 0 Å². The predicted molar refractivity (Wildman–Crippen MR) is 91.7 cm³/mol. The van der Waals surface area contributed by atoms with Crippen LogP contribution in [-0.2, 0) is 0 Å². The van der Waals surface area contributed by atoms with Gasteiger partial charge < -0.3 is 10.2 Å². The summed E-state index contributed by atoms with van der Waals surface area (Å²) in [4.78, 5) is 18.4. The van der Waals surface area contributed by atoms with Crippen molar-refractivity contribution >= 4 is 11.7 Å². The molecule has 0 saturated carbocycles. The fourth-order valence-corrected chi connectivity index (χ4v) is 2.41. The lowest BCUT2D eigenvalue weighted by atomic mass is 10.1. The zero-order valence-electron chi connectivity index (χ0n) is 13.8. The van der Waals surface area contributed by atoms with E-state index in [0.717, 1.165) is 18.5 Å². The minimum Gasteiger partial charge on any atom is -0.352 e. The van der Waals surface area contributed by atoms with Gasteiger partial charge in [0.15, 0.2) is 5.82 Å². The van der Waals surface area contributed by atoms with Crippen LogP contribution in [0.1, 0.15) is 16.8 Å². The molecular weight excluding hydrogens is 304 g/mol. The van der Waals surface area contributed by atoms with Crippen LogP contribution >= 0.6 is 0 Å². The van der Waals surface area contributed by atoms with Crippen molar-refractivity contribution in [2.24, 2.45) is 0 Å². The SMILES string of the molecule is CN(C)CCCNC(=O)c1ccc(-c2nnc3ncccn23)cc1. The molecule has 1 aromatic carbocycles. The second kappa shape index (κ2) is 7.18. The van der Waals surface area contributed by atoms with Crippen LogP contribution in [0.5, 0.6) is 0 Å². The monoisotopic (exact) mass is 324 g/mol. The highest BCUT2D eigenvalue weighted by atomic mass is 16.1. The van der Waals surface area contributed by atoms with Crippen LogP contribution < -0.4 is 5.32 Å². The molecule has 1 N–H and O–H groups in total. The van der Waals surface area contributed by atoms with Gasteiger partial charge in [0.2, 0.25) is 0 Å². The van der Waals surface area contributed by atoms with Gasteiger partial charge >= 0.3 is 0 Å². The standard InChI is InChI=1S/C17H20N6O/c1-22(2)11-3-9-18-16(24)14-7-5-13(6-8-14)15-20-21-17-19-10-4-12-23(15)17/h4-8,10,12H,3,9,11H2,1-2H3,(H,18,24). The van der Waals surface area contributed by atoms with Gasteiger partial charge in [0.1, 0.15) is 0 Å². The van der Waals surface area contributed by atoms with E-state index in [1.54, 1.807) is 18.3 Å². The Labute approximate surface area is 140 Å². The molecule has 7 nitrogen and oxygen atoms in total. The van der Waals surface area contributed by atoms with E-state index in [2.05, 4.69) is 25.4 Å². The molecule has 0 unspecified atom stereocenters. The highest BCUT2D eigenvalue weighted by molar-refractivity contribution is 5.94. The van der Waals surface area contributed by atoms with Gasteiger partial charge in [-0.3, -0.25) is 9.20 Å². The summed E-state index contributed by atoms with van der Waals surface area (Å²) in [5.41, 5.74) is 1.52. The first-order chi connectivity index (χ1) is 11.6. The Hall–Kier alpha value is -2.80. The maximum atomic E-state index is 12.1. The minimum absolute atomic E-state index is 0.0620. The summed E-state index contributed by atoms with van der Waals surface area (Å²) in [5, 5.41) is 11.1. The Morgan fingerprint density at radius 3 is 2.75 bits per heavy atom. The first-order valence-corrected chi connectivity index (χ1v) is 7.84. The molecule has 3 aromatic rings. The van der Waals surface area contributed by atoms with Gasteiger partial charge in [-0.1, -0.05) is 12.1 Å². The zero-order valence-corrected chi connectivity index (χ0v) is 13.8. The molecular formula is C17H20N6O. The van der Waals surface area contributed by atoms with Gasteiger partial charge in [0, 0.05) is 30.1 Å². The Balaban J connectivity index is 1.68. The normalized spacial score (nSPS) is 11.1. The van der Waals surface area contributed by atoms with Gasteiger partial charge in [-0.05, 0) is 45.3 Å². The maximum absolute atomic E-state index is 12.1. The van der Waals surface area contributed by atoms with E-state index >= 15 is 0 Å². The number of rotatable bonds is 6. The fraction of sp³-hybridized carbons (Fsp3) is 0.294. The largest absolute Gasteiger partial charge is 0.352 e. The number of carbonyl (C=O) groups excluding carboxylic acids is 1. The molecule has 24 heavy (non-hydrogen) atoms. The van der Waals surface area contributed by atoms with Crippen molar-refractivity contribution in [3.63, 3.8) is 0 Å². The quantitative estimate of drug-likeness (QED) is 0.695. The molecule has 2 aromatic heterocycles. The number of amides is 1. The molecule has 0 fully saturated rings. The average Bonchev–Trinajstić information content (AvgIpc) is 3.02. The highest BCUT2D eigenvalue weighted by Crippen LogP contribution is 2.18. The number of hydrogen-bond acceptors (Lipinski definition) is 5. The van der Waals surface area contributed by atoms with Crippen molar-refractivity contribution in [2.45, 2.75) is 6.42 Å². The van der Waals surface area contributed by atoms with Crippen molar-refractivity contribution in [1.82, 2.24) is 29.8 Å². The van der Waals surface area contributed by atoms with Gasteiger partial charge in [-0.15, -0.1) is 10.2 Å². The molecule has 0 aliphatic rings. The number of hydrogen-bond donors (Lipinski definition) is 1. The molecule has 0 atom stereocenters. The van der Waals surface area contributed by atoms with E-state index in [1.165, 1.54) is 0 Å². The molecule has 0 aliphatic carbocycles. The Morgan fingerprint density at radius 2 is 2.00 bits per heavy atom. The van der Waals surface area contributed by atoms with Crippen LogP contribution in [0.3, 0.4) is 0 Å². The van der Waals surface area contributed by atoms with E-state index < -0.39 is 0 Å². The molecule has 0 spiro atoms. The van der Waals surface area contributed by atoms with Gasteiger partial charge in [0.25, 0.3) is 11.7 Å². The third-order valence-corrected chi connectivity index (χ3v) is 3.66. The first-order valence-electron chi connectivity index (χ1n) is 7.84. The zero-order chi connectivity index (χ0) is 16.9. The summed E-state index contributed by atoms with van der Waals surface area (Å²) >= 11 is 0. The summed E-state index contributed by atoms with van der Waals surface area (Å²) in [6.45, 7) is 1.62. The second-order valence-electron chi connectivity index (χ2n) is 5.80. The first kappa shape index (κ1) is 16.1. The summed E-state index contributed by atoms with van der Waals surface area (Å²) in [6, 6.07) is 9.17. The lowest BCUT2D eigenvalue weighted by molar-refractivity contribution is 0.0952. The number of nitrogens with one attached hydrogen (secondary N) is 1. The Kier molecular flexibility index (Phi) is 4.81. The molecule has 124 valence electrons. The number of aromatic nitrogens is 4. The molecule has 1 amide bonds. The molecule has 0 saturated heterocycles. The van der Waals surface area contributed by atoms with Crippen LogP contribution in [0.2, 0.25) is 0 Å². The van der Waals surface area contributed by atoms with Crippen LogP contribution in [0.25, 0.3) is 17.2 Å². The topological polar surface area (TPSA) is 75.4 Å². The van der Waals surface area contributed by atoms with E-state index in [0.29, 0.717) is 23.7 Å². The molecule has 2 heterocycles. The molecule has 0 bridgehead atoms. The molecule has 0 radical (unpaired) electrons. The van der Waals surface area contributed by atoms with E-state index in [9.17, 15) is 4.79 Å².